The molecular weight excluding hydrogens is 340 g/mol. The van der Waals surface area contributed by atoms with E-state index in [1.165, 1.54) is 0 Å². The fourth-order valence-electron chi connectivity index (χ4n) is 2.78. The molecule has 0 saturated carbocycles. The topological polar surface area (TPSA) is 47.9 Å². The number of aliphatic hydroxyl groups excluding tert-OH is 1. The minimum absolute atomic E-state index is 0.315. The Morgan fingerprint density at radius 3 is 1.41 bits per heavy atom. The fraction of sp³-hybridized carbons (Fsp3) is 0.217. The van der Waals surface area contributed by atoms with Crippen molar-refractivity contribution in [1.29, 1.82) is 0 Å². The predicted molar refractivity (Wildman–Crippen MR) is 107 cm³/mol. The van der Waals surface area contributed by atoms with E-state index < -0.39 is 0 Å². The van der Waals surface area contributed by atoms with Crippen LogP contribution in [0.1, 0.15) is 6.92 Å². The largest absolute Gasteiger partial charge is 0.491 e. The quantitative estimate of drug-likeness (QED) is 0.439. The molecule has 140 valence electrons. The highest BCUT2D eigenvalue weighted by atomic mass is 16.6. The van der Waals surface area contributed by atoms with Crippen LogP contribution in [-0.2, 0) is 4.74 Å². The van der Waals surface area contributed by atoms with Gasteiger partial charge in [-0.05, 0) is 53.4 Å². The van der Waals surface area contributed by atoms with Gasteiger partial charge in [-0.2, -0.15) is 0 Å². The lowest BCUT2D eigenvalue weighted by Crippen LogP contribution is -2.06. The zero-order valence-corrected chi connectivity index (χ0v) is 15.4. The van der Waals surface area contributed by atoms with Gasteiger partial charge in [0, 0.05) is 6.61 Å². The maximum absolute atomic E-state index is 8.79. The molecule has 0 unspecified atom stereocenters. The van der Waals surface area contributed by atoms with Gasteiger partial charge in [0.15, 0.2) is 6.79 Å². The van der Waals surface area contributed by atoms with Crippen molar-refractivity contribution in [2.45, 2.75) is 6.92 Å². The second-order valence-corrected chi connectivity index (χ2v) is 5.94. The standard InChI is InChI=1S/C23H24O4/c1-2-25-15-16-26-22-11-7-20(8-12-22)18-3-5-19(6-4-18)21-9-13-23(14-10-21)27-17-24/h3-14,24H,2,15-17H2,1H3. The van der Waals surface area contributed by atoms with E-state index in [4.69, 9.17) is 19.3 Å². The summed E-state index contributed by atoms with van der Waals surface area (Å²) in [4.78, 5) is 0. The van der Waals surface area contributed by atoms with Gasteiger partial charge in [0.1, 0.15) is 18.1 Å². The van der Waals surface area contributed by atoms with Crippen molar-refractivity contribution in [3.63, 3.8) is 0 Å². The molecule has 3 aromatic carbocycles. The number of aliphatic hydroxyl groups is 1. The van der Waals surface area contributed by atoms with Crippen molar-refractivity contribution >= 4 is 0 Å². The van der Waals surface area contributed by atoms with Crippen LogP contribution in [0, 0.1) is 0 Å². The van der Waals surface area contributed by atoms with Gasteiger partial charge in [-0.25, -0.2) is 0 Å². The van der Waals surface area contributed by atoms with Gasteiger partial charge in [-0.15, -0.1) is 0 Å². The second-order valence-electron chi connectivity index (χ2n) is 5.94. The lowest BCUT2D eigenvalue weighted by Gasteiger charge is -2.09. The van der Waals surface area contributed by atoms with Crippen molar-refractivity contribution in [3.8, 4) is 33.8 Å². The van der Waals surface area contributed by atoms with E-state index in [0.717, 1.165) is 28.0 Å². The van der Waals surface area contributed by atoms with Crippen molar-refractivity contribution in [3.05, 3.63) is 72.8 Å². The third-order valence-corrected chi connectivity index (χ3v) is 4.19. The van der Waals surface area contributed by atoms with Crippen molar-refractivity contribution in [2.75, 3.05) is 26.6 Å². The molecule has 0 heterocycles. The fourth-order valence-corrected chi connectivity index (χ4v) is 2.78. The number of ether oxygens (including phenoxy) is 3. The highest BCUT2D eigenvalue weighted by Crippen LogP contribution is 2.27. The van der Waals surface area contributed by atoms with E-state index in [1.54, 1.807) is 0 Å². The average Bonchev–Trinajstić information content (AvgIpc) is 2.73. The lowest BCUT2D eigenvalue weighted by atomic mass is 10.0. The zero-order chi connectivity index (χ0) is 18.9. The van der Waals surface area contributed by atoms with Crippen molar-refractivity contribution < 1.29 is 19.3 Å². The van der Waals surface area contributed by atoms with Gasteiger partial charge in [0.05, 0.1) is 6.61 Å². The summed E-state index contributed by atoms with van der Waals surface area (Å²) in [6, 6.07) is 24.2. The van der Waals surface area contributed by atoms with E-state index in [2.05, 4.69) is 36.4 Å². The predicted octanol–water partition coefficient (Wildman–Crippen LogP) is 4.76. The van der Waals surface area contributed by atoms with Crippen LogP contribution in [0.15, 0.2) is 72.8 Å². The van der Waals surface area contributed by atoms with Gasteiger partial charge in [0.25, 0.3) is 0 Å². The summed E-state index contributed by atoms with van der Waals surface area (Å²) in [6.45, 7) is 3.53. The average molecular weight is 364 g/mol. The summed E-state index contributed by atoms with van der Waals surface area (Å²) in [7, 11) is 0. The first-order valence-electron chi connectivity index (χ1n) is 9.05. The molecule has 4 heteroatoms. The highest BCUT2D eigenvalue weighted by Gasteiger charge is 2.02. The van der Waals surface area contributed by atoms with E-state index in [1.807, 2.05) is 43.3 Å². The lowest BCUT2D eigenvalue weighted by molar-refractivity contribution is 0.0985. The van der Waals surface area contributed by atoms with Crippen LogP contribution in [0.25, 0.3) is 22.3 Å². The summed E-state index contributed by atoms with van der Waals surface area (Å²) >= 11 is 0. The minimum atomic E-state index is -0.315. The Balaban J connectivity index is 1.64. The van der Waals surface area contributed by atoms with E-state index >= 15 is 0 Å². The summed E-state index contributed by atoms with van der Waals surface area (Å²) in [5, 5.41) is 8.79. The molecule has 3 rings (SSSR count). The first-order chi connectivity index (χ1) is 13.3. The smallest absolute Gasteiger partial charge is 0.186 e. The van der Waals surface area contributed by atoms with Gasteiger partial charge in [-0.1, -0.05) is 48.5 Å². The summed E-state index contributed by atoms with van der Waals surface area (Å²) in [5.41, 5.74) is 4.53. The number of hydrogen-bond donors (Lipinski definition) is 1. The number of rotatable bonds is 9. The third-order valence-electron chi connectivity index (χ3n) is 4.19. The molecule has 4 nitrogen and oxygen atoms in total. The Morgan fingerprint density at radius 1 is 0.593 bits per heavy atom. The van der Waals surface area contributed by atoms with Crippen LogP contribution in [0.4, 0.5) is 0 Å². The summed E-state index contributed by atoms with van der Waals surface area (Å²) in [5.74, 6) is 1.50. The summed E-state index contributed by atoms with van der Waals surface area (Å²) < 4.78 is 16.0. The Hall–Kier alpha value is -2.82. The van der Waals surface area contributed by atoms with Gasteiger partial charge >= 0.3 is 0 Å². The molecule has 0 aliphatic carbocycles. The monoisotopic (exact) mass is 364 g/mol. The van der Waals surface area contributed by atoms with Crippen molar-refractivity contribution in [2.24, 2.45) is 0 Å². The van der Waals surface area contributed by atoms with Crippen molar-refractivity contribution in [1.82, 2.24) is 0 Å². The first kappa shape index (κ1) is 19.0. The molecule has 0 bridgehead atoms. The third kappa shape index (κ3) is 5.33. The molecule has 0 atom stereocenters. The second kappa shape index (κ2) is 9.76. The maximum atomic E-state index is 8.79. The molecule has 0 saturated heterocycles. The molecule has 1 N–H and O–H groups in total. The van der Waals surface area contributed by atoms with E-state index in [9.17, 15) is 0 Å². The van der Waals surface area contributed by atoms with Gasteiger partial charge in [-0.3, -0.25) is 0 Å². The molecular formula is C23H24O4. The van der Waals surface area contributed by atoms with Crippen LogP contribution in [0.3, 0.4) is 0 Å². The van der Waals surface area contributed by atoms with Crippen LogP contribution < -0.4 is 9.47 Å². The Bertz CT molecular complexity index is 809. The SMILES string of the molecule is CCOCCOc1ccc(-c2ccc(-c3ccc(OCO)cc3)cc2)cc1. The summed E-state index contributed by atoms with van der Waals surface area (Å²) in [6.07, 6.45) is 0. The maximum Gasteiger partial charge on any atom is 0.186 e. The molecule has 0 fully saturated rings. The highest BCUT2D eigenvalue weighted by molar-refractivity contribution is 5.71. The molecule has 0 aliphatic heterocycles. The Kier molecular flexibility index (Phi) is 6.85. The van der Waals surface area contributed by atoms with Crippen LogP contribution >= 0.6 is 0 Å². The van der Waals surface area contributed by atoms with E-state index in [-0.39, 0.29) is 6.79 Å². The van der Waals surface area contributed by atoms with Gasteiger partial charge in [0.2, 0.25) is 0 Å². The molecule has 0 spiro atoms. The number of benzene rings is 3. The first-order valence-corrected chi connectivity index (χ1v) is 9.05. The molecule has 0 aliphatic rings. The molecule has 27 heavy (non-hydrogen) atoms. The zero-order valence-electron chi connectivity index (χ0n) is 15.4. The number of hydrogen-bond acceptors (Lipinski definition) is 4. The molecule has 0 amide bonds. The Morgan fingerprint density at radius 2 is 1.00 bits per heavy atom. The van der Waals surface area contributed by atoms with Crippen LogP contribution in [-0.4, -0.2) is 31.7 Å². The molecule has 3 aromatic rings. The van der Waals surface area contributed by atoms with Crippen LogP contribution in [0.5, 0.6) is 11.5 Å². The van der Waals surface area contributed by atoms with Gasteiger partial charge < -0.3 is 19.3 Å². The molecule has 0 aromatic heterocycles. The Labute approximate surface area is 160 Å². The minimum Gasteiger partial charge on any atom is -0.491 e. The molecule has 0 radical (unpaired) electrons. The van der Waals surface area contributed by atoms with Crippen LogP contribution in [0.2, 0.25) is 0 Å². The van der Waals surface area contributed by atoms with E-state index in [0.29, 0.717) is 25.6 Å². The normalized spacial score (nSPS) is 10.6.